The number of methoxy groups -OCH3 is 2. The second-order valence-electron chi connectivity index (χ2n) is 5.44. The van der Waals surface area contributed by atoms with Crippen molar-refractivity contribution in [2.75, 3.05) is 24.9 Å². The standard InChI is InChI=1S/C19H17ClN4O3/c1-26-14-6-7-17(27-2)15(9-14)24-18-11-21-16(10-22-18)19(25)23-13-5-3-4-12(20)8-13/h3-11H,1-2H3,(H,22,24)(H,23,25). The minimum absolute atomic E-state index is 0.179. The van der Waals surface area contributed by atoms with Gasteiger partial charge in [-0.15, -0.1) is 0 Å². The highest BCUT2D eigenvalue weighted by atomic mass is 35.5. The minimum atomic E-state index is -0.379. The third-order valence-electron chi connectivity index (χ3n) is 3.64. The highest BCUT2D eigenvalue weighted by Gasteiger charge is 2.10. The number of anilines is 3. The van der Waals surface area contributed by atoms with E-state index in [1.165, 1.54) is 12.4 Å². The molecule has 3 rings (SSSR count). The summed E-state index contributed by atoms with van der Waals surface area (Å²) in [7, 11) is 3.15. The van der Waals surface area contributed by atoms with Crippen LogP contribution in [0.4, 0.5) is 17.2 Å². The second-order valence-corrected chi connectivity index (χ2v) is 5.88. The van der Waals surface area contributed by atoms with Crippen LogP contribution in [0.1, 0.15) is 10.5 Å². The van der Waals surface area contributed by atoms with Crippen molar-refractivity contribution in [3.63, 3.8) is 0 Å². The largest absolute Gasteiger partial charge is 0.497 e. The summed E-state index contributed by atoms with van der Waals surface area (Å²) in [6.45, 7) is 0. The van der Waals surface area contributed by atoms with Crippen LogP contribution in [0.25, 0.3) is 0 Å². The van der Waals surface area contributed by atoms with E-state index in [0.717, 1.165) is 0 Å². The molecule has 0 atom stereocenters. The average molecular weight is 385 g/mol. The lowest BCUT2D eigenvalue weighted by atomic mass is 10.2. The fraction of sp³-hybridized carbons (Fsp3) is 0.105. The number of benzene rings is 2. The molecule has 0 aliphatic carbocycles. The number of carbonyl (C=O) groups excluding carboxylic acids is 1. The normalized spacial score (nSPS) is 10.2. The average Bonchev–Trinajstić information content (AvgIpc) is 2.68. The van der Waals surface area contributed by atoms with Crippen LogP contribution in [0.15, 0.2) is 54.9 Å². The molecule has 0 saturated carbocycles. The number of ether oxygens (including phenoxy) is 2. The van der Waals surface area contributed by atoms with Gasteiger partial charge >= 0.3 is 0 Å². The zero-order chi connectivity index (χ0) is 19.2. The van der Waals surface area contributed by atoms with Crippen molar-refractivity contribution < 1.29 is 14.3 Å². The van der Waals surface area contributed by atoms with Crippen LogP contribution in [0.5, 0.6) is 11.5 Å². The van der Waals surface area contributed by atoms with Crippen molar-refractivity contribution in [3.8, 4) is 11.5 Å². The van der Waals surface area contributed by atoms with Crippen LogP contribution in [0.2, 0.25) is 5.02 Å². The van der Waals surface area contributed by atoms with Crippen molar-refractivity contribution in [3.05, 3.63) is 65.6 Å². The van der Waals surface area contributed by atoms with Crippen molar-refractivity contribution in [1.82, 2.24) is 9.97 Å². The first-order valence-corrected chi connectivity index (χ1v) is 8.35. The topological polar surface area (TPSA) is 85.4 Å². The molecule has 27 heavy (non-hydrogen) atoms. The van der Waals surface area contributed by atoms with E-state index < -0.39 is 0 Å². The lowest BCUT2D eigenvalue weighted by Gasteiger charge is -2.12. The van der Waals surface area contributed by atoms with Gasteiger partial charge in [0.1, 0.15) is 23.0 Å². The minimum Gasteiger partial charge on any atom is -0.497 e. The van der Waals surface area contributed by atoms with Gasteiger partial charge in [-0.1, -0.05) is 17.7 Å². The van der Waals surface area contributed by atoms with Gasteiger partial charge in [-0.3, -0.25) is 4.79 Å². The van der Waals surface area contributed by atoms with Gasteiger partial charge in [0.15, 0.2) is 0 Å². The van der Waals surface area contributed by atoms with Crippen LogP contribution in [0, 0.1) is 0 Å². The Hall–Kier alpha value is -3.32. The summed E-state index contributed by atoms with van der Waals surface area (Å²) in [5.74, 6) is 1.38. The highest BCUT2D eigenvalue weighted by Crippen LogP contribution is 2.30. The van der Waals surface area contributed by atoms with Crippen molar-refractivity contribution in [2.45, 2.75) is 0 Å². The SMILES string of the molecule is COc1ccc(OC)c(Nc2cnc(C(=O)Nc3cccc(Cl)c3)cn2)c1. The van der Waals surface area contributed by atoms with Gasteiger partial charge in [-0.2, -0.15) is 0 Å². The van der Waals surface area contributed by atoms with Crippen LogP contribution in [0.3, 0.4) is 0 Å². The summed E-state index contributed by atoms with van der Waals surface area (Å²) in [6, 6.07) is 12.2. The molecule has 1 heterocycles. The molecule has 138 valence electrons. The van der Waals surface area contributed by atoms with E-state index in [0.29, 0.717) is 33.7 Å². The summed E-state index contributed by atoms with van der Waals surface area (Å²) in [6.07, 6.45) is 2.85. The molecule has 3 aromatic rings. The van der Waals surface area contributed by atoms with Gasteiger partial charge in [0.05, 0.1) is 32.3 Å². The molecule has 2 N–H and O–H groups in total. The van der Waals surface area contributed by atoms with Crippen LogP contribution >= 0.6 is 11.6 Å². The maximum atomic E-state index is 12.3. The van der Waals surface area contributed by atoms with Gasteiger partial charge in [-0.25, -0.2) is 9.97 Å². The fourth-order valence-corrected chi connectivity index (χ4v) is 2.51. The molecule has 0 spiro atoms. The fourth-order valence-electron chi connectivity index (χ4n) is 2.32. The van der Waals surface area contributed by atoms with Gasteiger partial charge in [0.2, 0.25) is 0 Å². The molecule has 7 nitrogen and oxygen atoms in total. The first-order valence-electron chi connectivity index (χ1n) is 7.97. The molecule has 0 aliphatic rings. The van der Waals surface area contributed by atoms with E-state index in [2.05, 4.69) is 20.6 Å². The van der Waals surface area contributed by atoms with Crippen LogP contribution in [-0.4, -0.2) is 30.1 Å². The van der Waals surface area contributed by atoms with E-state index in [1.807, 2.05) is 0 Å². The molecule has 0 aliphatic heterocycles. The zero-order valence-electron chi connectivity index (χ0n) is 14.7. The number of halogens is 1. The summed E-state index contributed by atoms with van der Waals surface area (Å²) in [5, 5.41) is 6.35. The second kappa shape index (κ2) is 8.37. The van der Waals surface area contributed by atoms with Crippen LogP contribution in [-0.2, 0) is 0 Å². The lowest BCUT2D eigenvalue weighted by Crippen LogP contribution is -2.14. The summed E-state index contributed by atoms with van der Waals surface area (Å²) < 4.78 is 10.5. The van der Waals surface area contributed by atoms with E-state index in [1.54, 1.807) is 56.7 Å². The Kier molecular flexibility index (Phi) is 5.73. The molecule has 0 bridgehead atoms. The van der Waals surface area contributed by atoms with Gasteiger partial charge < -0.3 is 20.1 Å². The molecule has 1 aromatic heterocycles. The molecular formula is C19H17ClN4O3. The quantitative estimate of drug-likeness (QED) is 0.664. The van der Waals surface area contributed by atoms with Gasteiger partial charge in [-0.05, 0) is 30.3 Å². The highest BCUT2D eigenvalue weighted by molar-refractivity contribution is 6.30. The number of hydrogen-bond donors (Lipinski definition) is 2. The zero-order valence-corrected chi connectivity index (χ0v) is 15.4. The van der Waals surface area contributed by atoms with Gasteiger partial charge in [0, 0.05) is 16.8 Å². The number of nitrogens with one attached hydrogen (secondary N) is 2. The van der Waals surface area contributed by atoms with Gasteiger partial charge in [0.25, 0.3) is 5.91 Å². The van der Waals surface area contributed by atoms with Crippen molar-refractivity contribution in [2.24, 2.45) is 0 Å². The van der Waals surface area contributed by atoms with E-state index in [-0.39, 0.29) is 11.6 Å². The summed E-state index contributed by atoms with van der Waals surface area (Å²) in [5.41, 5.74) is 1.43. The molecule has 0 saturated heterocycles. The smallest absolute Gasteiger partial charge is 0.275 e. The number of rotatable bonds is 6. The number of carbonyl (C=O) groups is 1. The Morgan fingerprint density at radius 2 is 1.89 bits per heavy atom. The third-order valence-corrected chi connectivity index (χ3v) is 3.87. The Balaban J connectivity index is 1.73. The molecule has 0 radical (unpaired) electrons. The lowest BCUT2D eigenvalue weighted by molar-refractivity contribution is 0.102. The predicted octanol–water partition coefficient (Wildman–Crippen LogP) is 4.14. The molecule has 2 aromatic carbocycles. The first-order chi connectivity index (χ1) is 13.1. The van der Waals surface area contributed by atoms with E-state index in [4.69, 9.17) is 21.1 Å². The molecular weight excluding hydrogens is 368 g/mol. The number of hydrogen-bond acceptors (Lipinski definition) is 6. The summed E-state index contributed by atoms with van der Waals surface area (Å²) >= 11 is 5.91. The monoisotopic (exact) mass is 384 g/mol. The molecule has 8 heteroatoms. The van der Waals surface area contributed by atoms with Crippen molar-refractivity contribution >= 4 is 34.7 Å². The Morgan fingerprint density at radius 1 is 1.04 bits per heavy atom. The Labute approximate surface area is 161 Å². The summed E-state index contributed by atoms with van der Waals surface area (Å²) in [4.78, 5) is 20.6. The number of amides is 1. The maximum Gasteiger partial charge on any atom is 0.275 e. The molecule has 0 unspecified atom stereocenters. The van der Waals surface area contributed by atoms with Crippen LogP contribution < -0.4 is 20.1 Å². The first kappa shape index (κ1) is 18.5. The predicted molar refractivity (Wildman–Crippen MR) is 104 cm³/mol. The van der Waals surface area contributed by atoms with Crippen molar-refractivity contribution in [1.29, 1.82) is 0 Å². The number of aromatic nitrogens is 2. The maximum absolute atomic E-state index is 12.3. The number of nitrogens with zero attached hydrogens (tertiary/aromatic N) is 2. The molecule has 1 amide bonds. The van der Waals surface area contributed by atoms with E-state index in [9.17, 15) is 4.79 Å². The Morgan fingerprint density at radius 3 is 2.56 bits per heavy atom. The Bertz CT molecular complexity index is 948. The molecule has 0 fully saturated rings. The third kappa shape index (κ3) is 4.65. The van der Waals surface area contributed by atoms with E-state index >= 15 is 0 Å².